The lowest BCUT2D eigenvalue weighted by molar-refractivity contribution is -0.120. The maximum Gasteiger partial charge on any atom is 0.247 e. The van der Waals surface area contributed by atoms with Crippen LogP contribution in [0.15, 0.2) is 59.5 Å². The molecule has 242 valence electrons. The number of carbonyl (C=O) groups is 2. The third-order valence-electron chi connectivity index (χ3n) is 8.91. The summed E-state index contributed by atoms with van der Waals surface area (Å²) in [6.45, 7) is 5.46. The van der Waals surface area contributed by atoms with Gasteiger partial charge in [0.05, 0.1) is 38.7 Å². The highest BCUT2D eigenvalue weighted by molar-refractivity contribution is 6.04. The summed E-state index contributed by atoms with van der Waals surface area (Å²) in [5, 5.41) is 10.3. The van der Waals surface area contributed by atoms with E-state index in [2.05, 4.69) is 16.0 Å². The van der Waals surface area contributed by atoms with Gasteiger partial charge >= 0.3 is 0 Å². The molecule has 3 N–H and O–H groups in total. The van der Waals surface area contributed by atoms with E-state index in [-0.39, 0.29) is 28.8 Å². The number of amides is 2. The molecule has 1 aromatic heterocycles. The zero-order valence-corrected chi connectivity index (χ0v) is 27.4. The molecule has 0 saturated heterocycles. The van der Waals surface area contributed by atoms with Crippen molar-refractivity contribution in [3.05, 3.63) is 76.1 Å². The molecular formula is C36H42N4O6. The van der Waals surface area contributed by atoms with Crippen molar-refractivity contribution < 1.29 is 23.8 Å². The summed E-state index contributed by atoms with van der Waals surface area (Å²) in [5.74, 6) is 0.894. The number of nitrogens with zero attached hydrogens (tertiary/aromatic N) is 1. The standard InChI is InChI=1S/C36H42N4O6/c1-8-20(2)33(36(43)39-26-10-9-11-29-24(26)16-17-40(29)4)38-28-15-13-23-25(19-30(28)42)27(37-21(3)41)14-12-22-18-31(44-5)34(45-6)35(46-7)32(22)23/h9-11,13,15-20,27,33H,8,12,14H2,1-7H3,(H,37,41)(H,38,42)(H,39,43)/t20-,27-,33+/m0/s1. The Hall–Kier alpha value is -4.99. The zero-order chi connectivity index (χ0) is 33.1. The molecule has 0 unspecified atom stereocenters. The number of hydrogen-bond acceptors (Lipinski definition) is 7. The van der Waals surface area contributed by atoms with Gasteiger partial charge in [0, 0.05) is 36.6 Å². The van der Waals surface area contributed by atoms with Gasteiger partial charge in [0.2, 0.25) is 23.0 Å². The average Bonchev–Trinajstić information content (AvgIpc) is 3.27. The molecule has 0 bridgehead atoms. The van der Waals surface area contributed by atoms with E-state index in [1.54, 1.807) is 33.5 Å². The van der Waals surface area contributed by atoms with E-state index in [1.807, 2.05) is 68.1 Å². The molecule has 4 aromatic rings. The Bertz CT molecular complexity index is 1850. The summed E-state index contributed by atoms with van der Waals surface area (Å²) in [7, 11) is 6.64. The highest BCUT2D eigenvalue weighted by Gasteiger charge is 2.30. The highest BCUT2D eigenvalue weighted by atomic mass is 16.5. The van der Waals surface area contributed by atoms with Crippen LogP contribution in [0.1, 0.15) is 50.8 Å². The second-order valence-electron chi connectivity index (χ2n) is 11.8. The number of nitrogens with one attached hydrogen (secondary N) is 3. The second kappa shape index (κ2) is 13.6. The Morgan fingerprint density at radius 3 is 2.43 bits per heavy atom. The first-order valence-electron chi connectivity index (χ1n) is 15.5. The molecule has 3 aromatic carbocycles. The lowest BCUT2D eigenvalue weighted by Gasteiger charge is -2.24. The van der Waals surface area contributed by atoms with Crippen LogP contribution in [0.4, 0.5) is 11.4 Å². The van der Waals surface area contributed by atoms with E-state index < -0.39 is 12.1 Å². The molecule has 5 rings (SSSR count). The number of hydrogen-bond donors (Lipinski definition) is 3. The largest absolute Gasteiger partial charge is 0.493 e. The fourth-order valence-corrected chi connectivity index (χ4v) is 6.32. The minimum absolute atomic E-state index is 0.0950. The molecule has 0 fully saturated rings. The summed E-state index contributed by atoms with van der Waals surface area (Å²) in [6, 6.07) is 13.6. The molecule has 2 amide bonds. The molecule has 1 heterocycles. The van der Waals surface area contributed by atoms with E-state index in [0.29, 0.717) is 47.8 Å². The molecule has 0 radical (unpaired) electrons. The van der Waals surface area contributed by atoms with Crippen molar-refractivity contribution in [2.24, 2.45) is 13.0 Å². The molecular weight excluding hydrogens is 584 g/mol. The zero-order valence-electron chi connectivity index (χ0n) is 27.4. The predicted octanol–water partition coefficient (Wildman–Crippen LogP) is 5.82. The third kappa shape index (κ3) is 6.11. The minimum Gasteiger partial charge on any atom is -0.493 e. The van der Waals surface area contributed by atoms with Gasteiger partial charge in [0.25, 0.3) is 0 Å². The maximum atomic E-state index is 13.9. The normalized spacial score (nSPS) is 15.1. The van der Waals surface area contributed by atoms with Gasteiger partial charge in [0.15, 0.2) is 11.5 Å². The molecule has 10 nitrogen and oxygen atoms in total. The second-order valence-corrected chi connectivity index (χ2v) is 11.8. The quantitative estimate of drug-likeness (QED) is 0.203. The molecule has 0 aliphatic heterocycles. The maximum absolute atomic E-state index is 13.9. The van der Waals surface area contributed by atoms with Gasteiger partial charge in [-0.05, 0) is 71.8 Å². The van der Waals surface area contributed by atoms with Crippen LogP contribution in [-0.4, -0.2) is 43.8 Å². The smallest absolute Gasteiger partial charge is 0.247 e. The van der Waals surface area contributed by atoms with Crippen LogP contribution in [0.25, 0.3) is 22.0 Å². The third-order valence-corrected chi connectivity index (χ3v) is 8.91. The lowest BCUT2D eigenvalue weighted by atomic mass is 9.95. The molecule has 0 saturated carbocycles. The number of carbonyl (C=O) groups excluding carboxylic acids is 2. The van der Waals surface area contributed by atoms with E-state index in [1.165, 1.54) is 6.92 Å². The summed E-state index contributed by atoms with van der Waals surface area (Å²) in [5.41, 5.74) is 4.74. The van der Waals surface area contributed by atoms with Gasteiger partial charge in [0.1, 0.15) is 6.04 Å². The van der Waals surface area contributed by atoms with Gasteiger partial charge in [-0.1, -0.05) is 32.4 Å². The first kappa shape index (κ1) is 32.4. The topological polar surface area (TPSA) is 120 Å². The molecule has 1 aliphatic rings. The van der Waals surface area contributed by atoms with E-state index in [4.69, 9.17) is 14.2 Å². The number of methoxy groups -OCH3 is 3. The van der Waals surface area contributed by atoms with Crippen molar-refractivity contribution >= 4 is 34.1 Å². The molecule has 3 atom stereocenters. The monoisotopic (exact) mass is 626 g/mol. The summed E-state index contributed by atoms with van der Waals surface area (Å²) in [4.78, 5) is 40.1. The van der Waals surface area contributed by atoms with Crippen molar-refractivity contribution in [2.75, 3.05) is 32.0 Å². The van der Waals surface area contributed by atoms with Gasteiger partial charge in [-0.15, -0.1) is 0 Å². The molecule has 10 heteroatoms. The van der Waals surface area contributed by atoms with Gasteiger partial charge in [-0.3, -0.25) is 14.4 Å². The van der Waals surface area contributed by atoms with Crippen molar-refractivity contribution in [3.63, 3.8) is 0 Å². The minimum atomic E-state index is -0.698. The molecule has 1 aliphatic carbocycles. The van der Waals surface area contributed by atoms with Crippen molar-refractivity contribution in [2.45, 2.75) is 52.1 Å². The van der Waals surface area contributed by atoms with Crippen LogP contribution in [-0.2, 0) is 23.1 Å². The van der Waals surface area contributed by atoms with Crippen LogP contribution in [0.5, 0.6) is 17.2 Å². The van der Waals surface area contributed by atoms with E-state index in [9.17, 15) is 14.4 Å². The predicted molar refractivity (Wildman–Crippen MR) is 181 cm³/mol. The first-order chi connectivity index (χ1) is 22.1. The van der Waals surface area contributed by atoms with Crippen LogP contribution in [0.3, 0.4) is 0 Å². The fourth-order valence-electron chi connectivity index (χ4n) is 6.32. The van der Waals surface area contributed by atoms with E-state index >= 15 is 0 Å². The van der Waals surface area contributed by atoms with Gasteiger partial charge in [-0.2, -0.15) is 0 Å². The Balaban J connectivity index is 1.61. The summed E-state index contributed by atoms with van der Waals surface area (Å²) in [6.07, 6.45) is 3.81. The fraction of sp³-hybridized carbons (Fsp3) is 0.361. The summed E-state index contributed by atoms with van der Waals surface area (Å²) < 4.78 is 19.2. The van der Waals surface area contributed by atoms with Crippen LogP contribution < -0.4 is 35.6 Å². The molecule has 46 heavy (non-hydrogen) atoms. The number of fused-ring (bicyclic) bond motifs is 4. The van der Waals surface area contributed by atoms with Gasteiger partial charge < -0.3 is 34.7 Å². The number of benzene rings is 2. The Kier molecular flexibility index (Phi) is 9.55. The lowest BCUT2D eigenvalue weighted by Crippen LogP contribution is -2.40. The Morgan fingerprint density at radius 2 is 1.76 bits per heavy atom. The number of aryl methyl sites for hydroxylation is 2. The van der Waals surface area contributed by atoms with Crippen LogP contribution >= 0.6 is 0 Å². The van der Waals surface area contributed by atoms with Crippen molar-refractivity contribution in [1.82, 2.24) is 9.88 Å². The highest BCUT2D eigenvalue weighted by Crippen LogP contribution is 2.50. The van der Waals surface area contributed by atoms with E-state index in [0.717, 1.165) is 27.6 Å². The van der Waals surface area contributed by atoms with Crippen molar-refractivity contribution in [3.8, 4) is 28.4 Å². The van der Waals surface area contributed by atoms with Gasteiger partial charge in [-0.25, -0.2) is 0 Å². The summed E-state index contributed by atoms with van der Waals surface area (Å²) >= 11 is 0. The number of ether oxygens (including phenoxy) is 3. The average molecular weight is 627 g/mol. The number of aromatic nitrogens is 1. The number of anilines is 2. The molecule has 0 spiro atoms. The van der Waals surface area contributed by atoms with Crippen molar-refractivity contribution in [1.29, 1.82) is 0 Å². The van der Waals surface area contributed by atoms with Crippen LogP contribution in [0.2, 0.25) is 0 Å². The van der Waals surface area contributed by atoms with Crippen LogP contribution in [0, 0.1) is 5.92 Å². The number of rotatable bonds is 10. The first-order valence-corrected chi connectivity index (χ1v) is 15.5. The SMILES string of the molecule is CC[C@H](C)[C@@H](Nc1ccc2c(cc1=O)[C@@H](NC(C)=O)CCc1cc(OC)c(OC)c(OC)c1-2)C(=O)Nc1cccc2c1ccn2C. The Labute approximate surface area is 269 Å². The Morgan fingerprint density at radius 1 is 1.00 bits per heavy atom.